The van der Waals surface area contributed by atoms with Crippen molar-refractivity contribution in [3.05, 3.63) is 95.6 Å². The predicted octanol–water partition coefficient (Wildman–Crippen LogP) is 5.92. The third-order valence-corrected chi connectivity index (χ3v) is 7.08. The van der Waals surface area contributed by atoms with Crippen molar-refractivity contribution < 1.29 is 27.6 Å². The van der Waals surface area contributed by atoms with Crippen LogP contribution in [-0.2, 0) is 20.6 Å². The monoisotopic (exact) mass is 564 g/mol. The van der Waals surface area contributed by atoms with Crippen molar-refractivity contribution in [2.24, 2.45) is 5.92 Å². The van der Waals surface area contributed by atoms with Crippen molar-refractivity contribution in [3.63, 3.8) is 0 Å². The maximum atomic E-state index is 13.4. The second kappa shape index (κ2) is 12.7. The van der Waals surface area contributed by atoms with Gasteiger partial charge in [0, 0.05) is 31.8 Å². The summed E-state index contributed by atoms with van der Waals surface area (Å²) in [4.78, 5) is 39.3. The number of nitrogens with one attached hydrogen (secondary N) is 2. The van der Waals surface area contributed by atoms with Gasteiger partial charge in [-0.25, -0.2) is 0 Å². The second-order valence-corrected chi connectivity index (χ2v) is 10.0. The number of carbonyl (C=O) groups is 3. The molecular weight excluding hydrogens is 533 g/mol. The van der Waals surface area contributed by atoms with Crippen molar-refractivity contribution in [3.8, 4) is 0 Å². The number of nitrogen functional groups attached to an aromatic ring is 1. The Kier molecular flexibility index (Phi) is 9.11. The molecule has 0 saturated carbocycles. The summed E-state index contributed by atoms with van der Waals surface area (Å²) in [6, 6.07) is 18.4. The van der Waals surface area contributed by atoms with Gasteiger partial charge in [-0.3, -0.25) is 14.4 Å². The molecule has 7 nitrogen and oxygen atoms in total. The third-order valence-electron chi connectivity index (χ3n) is 7.08. The summed E-state index contributed by atoms with van der Waals surface area (Å²) in [7, 11) is 0. The zero-order chi connectivity index (χ0) is 29.6. The smallest absolute Gasteiger partial charge is 0.397 e. The fourth-order valence-electron chi connectivity index (χ4n) is 4.81. The summed E-state index contributed by atoms with van der Waals surface area (Å²) in [6.45, 7) is 2.67. The fraction of sp³-hybridized carbons (Fsp3) is 0.258. The van der Waals surface area contributed by atoms with Crippen LogP contribution in [0.2, 0.25) is 0 Å². The minimum absolute atomic E-state index is 0.0200. The van der Waals surface area contributed by atoms with Crippen molar-refractivity contribution in [1.29, 1.82) is 0 Å². The highest BCUT2D eigenvalue weighted by Crippen LogP contribution is 2.33. The number of nitrogens with zero attached hydrogens (tertiary/aromatic N) is 1. The number of alkyl halides is 3. The van der Waals surface area contributed by atoms with Crippen LogP contribution in [0.3, 0.4) is 0 Å². The molecule has 3 amide bonds. The van der Waals surface area contributed by atoms with Gasteiger partial charge in [0.25, 0.3) is 0 Å². The molecule has 10 heteroatoms. The predicted molar refractivity (Wildman–Crippen MR) is 153 cm³/mol. The molecule has 0 radical (unpaired) electrons. The summed E-state index contributed by atoms with van der Waals surface area (Å²) in [5.41, 5.74) is 7.73. The van der Waals surface area contributed by atoms with Crippen molar-refractivity contribution in [1.82, 2.24) is 4.90 Å². The van der Waals surface area contributed by atoms with Crippen LogP contribution in [0.4, 0.5) is 30.2 Å². The Balaban J connectivity index is 1.48. The lowest BCUT2D eigenvalue weighted by Crippen LogP contribution is -2.27. The van der Waals surface area contributed by atoms with Gasteiger partial charge >= 0.3 is 6.18 Å². The average Bonchev–Trinajstić information content (AvgIpc) is 3.41. The van der Waals surface area contributed by atoms with Crippen LogP contribution in [-0.4, -0.2) is 35.7 Å². The SMILES string of the molecule is CC(=O)N1CCC(CC(C(=O)Nc2ccc(C(F)(F)F)cc2)c2ccc(C=CC(=O)Nc3ccccc3N)cc2)C1. The quantitative estimate of drug-likeness (QED) is 0.233. The Morgan fingerprint density at radius 1 is 1.00 bits per heavy atom. The number of amides is 3. The van der Waals surface area contributed by atoms with Crippen LogP contribution in [0.15, 0.2) is 78.9 Å². The van der Waals surface area contributed by atoms with E-state index in [1.165, 1.54) is 25.1 Å². The van der Waals surface area contributed by atoms with E-state index < -0.39 is 17.7 Å². The first-order valence-corrected chi connectivity index (χ1v) is 13.2. The summed E-state index contributed by atoms with van der Waals surface area (Å²) in [6.07, 6.45) is -0.234. The van der Waals surface area contributed by atoms with Crippen LogP contribution in [0.5, 0.6) is 0 Å². The number of halogens is 3. The van der Waals surface area contributed by atoms with E-state index in [0.717, 1.165) is 24.1 Å². The Bertz CT molecular complexity index is 1420. The molecule has 1 aliphatic rings. The standard InChI is InChI=1S/C31H31F3N4O3/c1-20(39)38-17-16-22(19-38)18-26(30(41)36-25-13-11-24(12-14-25)31(32,33)34)23-9-6-21(7-10-23)8-15-29(40)37-28-5-3-2-4-27(28)35/h2-15,22,26H,16-19,35H2,1H3,(H,36,41)(H,37,40). The molecule has 2 atom stereocenters. The lowest BCUT2D eigenvalue weighted by molar-refractivity contribution is -0.137. The van der Waals surface area contributed by atoms with Crippen molar-refractivity contribution >= 4 is 40.9 Å². The van der Waals surface area contributed by atoms with E-state index in [9.17, 15) is 27.6 Å². The summed E-state index contributed by atoms with van der Waals surface area (Å²) >= 11 is 0. The van der Waals surface area contributed by atoms with E-state index in [2.05, 4.69) is 10.6 Å². The molecule has 0 aromatic heterocycles. The Hall–Kier alpha value is -4.60. The first kappa shape index (κ1) is 29.4. The van der Waals surface area contributed by atoms with Gasteiger partial charge in [-0.2, -0.15) is 13.2 Å². The number of hydrogen-bond acceptors (Lipinski definition) is 4. The van der Waals surface area contributed by atoms with Gasteiger partial charge in [-0.1, -0.05) is 36.4 Å². The maximum absolute atomic E-state index is 13.4. The lowest BCUT2D eigenvalue weighted by atomic mass is 9.87. The maximum Gasteiger partial charge on any atom is 0.416 e. The Morgan fingerprint density at radius 3 is 2.29 bits per heavy atom. The molecule has 1 heterocycles. The highest BCUT2D eigenvalue weighted by Gasteiger charge is 2.32. The van der Waals surface area contributed by atoms with Gasteiger partial charge < -0.3 is 21.3 Å². The molecule has 0 bridgehead atoms. The molecule has 1 fully saturated rings. The van der Waals surface area contributed by atoms with Gasteiger partial charge in [-0.05, 0) is 72.4 Å². The van der Waals surface area contributed by atoms with E-state index in [4.69, 9.17) is 5.73 Å². The molecule has 4 rings (SSSR count). The number of likely N-dealkylation sites (tertiary alicyclic amines) is 1. The van der Waals surface area contributed by atoms with Crippen LogP contribution in [0.25, 0.3) is 6.08 Å². The minimum Gasteiger partial charge on any atom is -0.397 e. The van der Waals surface area contributed by atoms with Gasteiger partial charge in [0.15, 0.2) is 0 Å². The van der Waals surface area contributed by atoms with E-state index in [-0.39, 0.29) is 29.3 Å². The number of carbonyl (C=O) groups excluding carboxylic acids is 3. The second-order valence-electron chi connectivity index (χ2n) is 10.0. The molecule has 214 valence electrons. The number of rotatable bonds is 8. The number of nitrogens with two attached hydrogens (primary N) is 1. The highest BCUT2D eigenvalue weighted by atomic mass is 19.4. The Morgan fingerprint density at radius 2 is 1.68 bits per heavy atom. The molecule has 4 N–H and O–H groups in total. The average molecular weight is 565 g/mol. The fourth-order valence-corrected chi connectivity index (χ4v) is 4.81. The van der Waals surface area contributed by atoms with E-state index in [1.807, 2.05) is 0 Å². The molecule has 2 unspecified atom stereocenters. The van der Waals surface area contributed by atoms with Gasteiger partial charge in [-0.15, -0.1) is 0 Å². The molecule has 3 aromatic carbocycles. The molecular formula is C31H31F3N4O3. The van der Waals surface area contributed by atoms with Crippen LogP contribution < -0.4 is 16.4 Å². The van der Waals surface area contributed by atoms with Gasteiger partial charge in [0.2, 0.25) is 17.7 Å². The largest absolute Gasteiger partial charge is 0.416 e. The normalized spacial score (nSPS) is 16.0. The lowest BCUT2D eigenvalue weighted by Gasteiger charge is -2.21. The molecule has 1 aliphatic heterocycles. The summed E-state index contributed by atoms with van der Waals surface area (Å²) in [5.74, 6) is -1.23. The van der Waals surface area contributed by atoms with Crippen molar-refractivity contribution in [2.45, 2.75) is 31.9 Å². The molecule has 0 aliphatic carbocycles. The number of para-hydroxylation sites is 2. The molecule has 41 heavy (non-hydrogen) atoms. The first-order valence-electron chi connectivity index (χ1n) is 13.2. The van der Waals surface area contributed by atoms with Crippen LogP contribution in [0.1, 0.15) is 42.4 Å². The summed E-state index contributed by atoms with van der Waals surface area (Å²) in [5, 5.41) is 5.46. The molecule has 1 saturated heterocycles. The third kappa shape index (κ3) is 7.97. The minimum atomic E-state index is -4.47. The number of anilines is 3. The van der Waals surface area contributed by atoms with Crippen molar-refractivity contribution in [2.75, 3.05) is 29.5 Å². The van der Waals surface area contributed by atoms with Gasteiger partial charge in [0.05, 0.1) is 22.9 Å². The number of benzene rings is 3. The molecule has 3 aromatic rings. The van der Waals surface area contributed by atoms with Gasteiger partial charge in [0.1, 0.15) is 0 Å². The van der Waals surface area contributed by atoms with Crippen LogP contribution >= 0.6 is 0 Å². The van der Waals surface area contributed by atoms with E-state index in [1.54, 1.807) is 59.5 Å². The summed E-state index contributed by atoms with van der Waals surface area (Å²) < 4.78 is 38.8. The highest BCUT2D eigenvalue weighted by molar-refractivity contribution is 6.03. The topological polar surface area (TPSA) is 105 Å². The zero-order valence-corrected chi connectivity index (χ0v) is 22.4. The first-order chi connectivity index (χ1) is 19.5. The molecule has 0 spiro atoms. The Labute approximate surface area is 236 Å². The van der Waals surface area contributed by atoms with Crippen LogP contribution in [0, 0.1) is 5.92 Å². The van der Waals surface area contributed by atoms with E-state index >= 15 is 0 Å². The van der Waals surface area contributed by atoms with E-state index in [0.29, 0.717) is 36.4 Å². The zero-order valence-electron chi connectivity index (χ0n) is 22.4. The number of hydrogen-bond donors (Lipinski definition) is 3.